The number of hydrogen-bond acceptors (Lipinski definition) is 3. The fourth-order valence-electron chi connectivity index (χ4n) is 0.682. The van der Waals surface area contributed by atoms with E-state index in [2.05, 4.69) is 10.2 Å². The van der Waals surface area contributed by atoms with Crippen LogP contribution in [0.5, 0.6) is 0 Å². The van der Waals surface area contributed by atoms with Crippen LogP contribution in [-0.4, -0.2) is 28.9 Å². The zero-order valence-electron chi connectivity index (χ0n) is 5.87. The summed E-state index contributed by atoms with van der Waals surface area (Å²) in [7, 11) is 5.78. The molecule has 1 rings (SSSR count). The van der Waals surface area contributed by atoms with E-state index in [-0.39, 0.29) is 0 Å². The molecule has 0 bridgehead atoms. The van der Waals surface area contributed by atoms with Gasteiger partial charge in [0.15, 0.2) is 0 Å². The van der Waals surface area contributed by atoms with Crippen molar-refractivity contribution in [2.75, 3.05) is 19.0 Å². The molecule has 0 radical (unpaired) electrons. The Bertz CT molecular complexity index is 191. The standard InChI is InChI=1S/C5H10N4/c1-8(2)5-7-6-4-9(5)3/h4H,1-3H3. The van der Waals surface area contributed by atoms with Crippen LogP contribution in [0.4, 0.5) is 5.95 Å². The Hall–Kier alpha value is -1.06. The third-order valence-corrected chi connectivity index (χ3v) is 1.09. The zero-order valence-corrected chi connectivity index (χ0v) is 5.87. The summed E-state index contributed by atoms with van der Waals surface area (Å²) in [5.41, 5.74) is 0. The van der Waals surface area contributed by atoms with Gasteiger partial charge in [0.2, 0.25) is 5.95 Å². The van der Waals surface area contributed by atoms with Crippen LogP contribution < -0.4 is 4.90 Å². The molecule has 0 aromatic carbocycles. The largest absolute Gasteiger partial charge is 0.347 e. The van der Waals surface area contributed by atoms with E-state index in [1.807, 2.05) is 30.6 Å². The Morgan fingerprint density at radius 2 is 2.22 bits per heavy atom. The summed E-state index contributed by atoms with van der Waals surface area (Å²) in [6.45, 7) is 0. The predicted molar refractivity (Wildman–Crippen MR) is 35.3 cm³/mol. The lowest BCUT2D eigenvalue weighted by Gasteiger charge is -2.08. The van der Waals surface area contributed by atoms with Crippen LogP contribution >= 0.6 is 0 Å². The van der Waals surface area contributed by atoms with E-state index in [4.69, 9.17) is 0 Å². The summed E-state index contributed by atoms with van der Waals surface area (Å²) < 4.78 is 1.86. The maximum atomic E-state index is 3.85. The molecule has 0 aliphatic carbocycles. The molecule has 0 amide bonds. The second-order valence-corrected chi connectivity index (χ2v) is 2.14. The second kappa shape index (κ2) is 2.05. The van der Waals surface area contributed by atoms with Gasteiger partial charge in [-0.2, -0.15) is 0 Å². The molecule has 0 aliphatic rings. The van der Waals surface area contributed by atoms with Gasteiger partial charge >= 0.3 is 0 Å². The fraction of sp³-hybridized carbons (Fsp3) is 0.600. The minimum absolute atomic E-state index is 0.870. The summed E-state index contributed by atoms with van der Waals surface area (Å²) >= 11 is 0. The average Bonchev–Trinajstić information content (AvgIpc) is 2.13. The maximum Gasteiger partial charge on any atom is 0.226 e. The topological polar surface area (TPSA) is 34.0 Å². The second-order valence-electron chi connectivity index (χ2n) is 2.14. The highest BCUT2D eigenvalue weighted by atomic mass is 15.4. The van der Waals surface area contributed by atoms with Crippen molar-refractivity contribution in [3.05, 3.63) is 6.33 Å². The molecular formula is C5H10N4. The number of anilines is 1. The van der Waals surface area contributed by atoms with Crippen LogP contribution in [-0.2, 0) is 7.05 Å². The number of hydrogen-bond donors (Lipinski definition) is 0. The third-order valence-electron chi connectivity index (χ3n) is 1.09. The van der Waals surface area contributed by atoms with Gasteiger partial charge in [-0.3, -0.25) is 0 Å². The van der Waals surface area contributed by atoms with Crippen molar-refractivity contribution < 1.29 is 0 Å². The molecule has 0 N–H and O–H groups in total. The van der Waals surface area contributed by atoms with Crippen LogP contribution in [0.15, 0.2) is 6.33 Å². The predicted octanol–water partition coefficient (Wildman–Crippen LogP) is -0.119. The van der Waals surface area contributed by atoms with Gasteiger partial charge in [-0.25, -0.2) is 0 Å². The fourth-order valence-corrected chi connectivity index (χ4v) is 0.682. The van der Waals surface area contributed by atoms with Crippen molar-refractivity contribution in [2.24, 2.45) is 7.05 Å². The van der Waals surface area contributed by atoms with Crippen molar-refractivity contribution in [3.8, 4) is 0 Å². The molecule has 0 atom stereocenters. The molecule has 50 valence electrons. The molecule has 9 heavy (non-hydrogen) atoms. The monoisotopic (exact) mass is 126 g/mol. The Morgan fingerprint density at radius 1 is 1.56 bits per heavy atom. The van der Waals surface area contributed by atoms with Gasteiger partial charge in [-0.15, -0.1) is 10.2 Å². The first-order valence-corrected chi connectivity index (χ1v) is 2.73. The van der Waals surface area contributed by atoms with Crippen LogP contribution in [0.3, 0.4) is 0 Å². The van der Waals surface area contributed by atoms with Crippen molar-refractivity contribution in [2.45, 2.75) is 0 Å². The van der Waals surface area contributed by atoms with Gasteiger partial charge in [-0.1, -0.05) is 0 Å². The molecule has 0 saturated heterocycles. The smallest absolute Gasteiger partial charge is 0.226 e. The molecular weight excluding hydrogens is 116 g/mol. The van der Waals surface area contributed by atoms with E-state index in [0.29, 0.717) is 0 Å². The van der Waals surface area contributed by atoms with Crippen LogP contribution in [0, 0.1) is 0 Å². The number of aromatic nitrogens is 3. The summed E-state index contributed by atoms with van der Waals surface area (Å²) in [6.07, 6.45) is 1.68. The van der Waals surface area contributed by atoms with E-state index < -0.39 is 0 Å². The Labute approximate surface area is 54.1 Å². The van der Waals surface area contributed by atoms with Crippen LogP contribution in [0.25, 0.3) is 0 Å². The van der Waals surface area contributed by atoms with Crippen molar-refractivity contribution >= 4 is 5.95 Å². The quantitative estimate of drug-likeness (QED) is 0.526. The Kier molecular flexibility index (Phi) is 1.38. The molecule has 0 saturated carbocycles. The van der Waals surface area contributed by atoms with Crippen molar-refractivity contribution in [1.29, 1.82) is 0 Å². The Morgan fingerprint density at radius 3 is 2.44 bits per heavy atom. The van der Waals surface area contributed by atoms with E-state index in [1.54, 1.807) is 6.33 Å². The third kappa shape index (κ3) is 1.01. The van der Waals surface area contributed by atoms with E-state index in [0.717, 1.165) is 5.95 Å². The normalized spacial score (nSPS) is 9.67. The van der Waals surface area contributed by atoms with Crippen molar-refractivity contribution in [3.63, 3.8) is 0 Å². The average molecular weight is 126 g/mol. The molecule has 0 unspecified atom stereocenters. The molecule has 1 aromatic rings. The molecule has 0 spiro atoms. The van der Waals surface area contributed by atoms with Gasteiger partial charge < -0.3 is 9.47 Å². The van der Waals surface area contributed by atoms with Gasteiger partial charge in [0.05, 0.1) is 0 Å². The molecule has 0 aliphatic heterocycles. The molecule has 4 nitrogen and oxygen atoms in total. The highest BCUT2D eigenvalue weighted by molar-refractivity contribution is 5.24. The highest BCUT2D eigenvalue weighted by Gasteiger charge is 1.99. The number of rotatable bonds is 1. The number of nitrogens with zero attached hydrogens (tertiary/aromatic N) is 4. The lowest BCUT2D eigenvalue weighted by Crippen LogP contribution is -2.13. The minimum Gasteiger partial charge on any atom is -0.347 e. The SMILES string of the molecule is CN(C)c1nncn1C. The van der Waals surface area contributed by atoms with E-state index in [1.165, 1.54) is 0 Å². The van der Waals surface area contributed by atoms with Crippen LogP contribution in [0.1, 0.15) is 0 Å². The number of aryl methyl sites for hydroxylation is 1. The molecule has 0 fully saturated rings. The van der Waals surface area contributed by atoms with Crippen molar-refractivity contribution in [1.82, 2.24) is 14.8 Å². The highest BCUT2D eigenvalue weighted by Crippen LogP contribution is 2.00. The summed E-state index contributed by atoms with van der Waals surface area (Å²) in [6, 6.07) is 0. The first-order chi connectivity index (χ1) is 4.22. The molecule has 1 heterocycles. The maximum absolute atomic E-state index is 3.85. The van der Waals surface area contributed by atoms with Gasteiger partial charge in [-0.05, 0) is 0 Å². The van der Waals surface area contributed by atoms with Gasteiger partial charge in [0, 0.05) is 21.1 Å². The first kappa shape index (κ1) is 6.07. The lowest BCUT2D eigenvalue weighted by molar-refractivity contribution is 0.867. The molecule has 1 aromatic heterocycles. The van der Waals surface area contributed by atoms with Gasteiger partial charge in [0.25, 0.3) is 0 Å². The van der Waals surface area contributed by atoms with Gasteiger partial charge in [0.1, 0.15) is 6.33 Å². The Balaban J connectivity index is 2.94. The van der Waals surface area contributed by atoms with Crippen LogP contribution in [0.2, 0.25) is 0 Å². The zero-order chi connectivity index (χ0) is 6.85. The summed E-state index contributed by atoms with van der Waals surface area (Å²) in [4.78, 5) is 1.91. The first-order valence-electron chi connectivity index (χ1n) is 2.73. The van der Waals surface area contributed by atoms with E-state index >= 15 is 0 Å². The summed E-state index contributed by atoms with van der Waals surface area (Å²) in [5, 5.41) is 7.57. The van der Waals surface area contributed by atoms with E-state index in [9.17, 15) is 0 Å². The minimum atomic E-state index is 0.870. The summed E-state index contributed by atoms with van der Waals surface area (Å²) in [5.74, 6) is 0.870. The molecule has 4 heteroatoms. The lowest BCUT2D eigenvalue weighted by atomic mass is 10.8.